The van der Waals surface area contributed by atoms with Gasteiger partial charge in [0, 0.05) is 11.8 Å². The number of benzene rings is 1. The zero-order chi connectivity index (χ0) is 18.6. The molecular formula is C18H22N2O5. The molecular weight excluding hydrogens is 324 g/mol. The summed E-state index contributed by atoms with van der Waals surface area (Å²) in [5, 5.41) is 9.57. The van der Waals surface area contributed by atoms with E-state index in [1.54, 1.807) is 13.1 Å². The molecule has 7 heteroatoms. The Morgan fingerprint density at radius 3 is 2.28 bits per heavy atom. The topological polar surface area (TPSA) is 90.8 Å². The van der Waals surface area contributed by atoms with E-state index in [0.29, 0.717) is 22.8 Å². The van der Waals surface area contributed by atoms with Crippen molar-refractivity contribution in [2.45, 2.75) is 26.7 Å². The van der Waals surface area contributed by atoms with E-state index >= 15 is 0 Å². The predicted octanol–water partition coefficient (Wildman–Crippen LogP) is 3.13. The van der Waals surface area contributed by atoms with Crippen LogP contribution in [0, 0.1) is 6.92 Å². The highest BCUT2D eigenvalue weighted by Gasteiger charge is 2.26. The average molecular weight is 346 g/mol. The number of hydrogen-bond donors (Lipinski definition) is 1. The van der Waals surface area contributed by atoms with Crippen molar-refractivity contribution in [3.05, 3.63) is 29.2 Å². The van der Waals surface area contributed by atoms with Crippen LogP contribution in [0.25, 0.3) is 11.3 Å². The number of hydrogen-bond acceptors (Lipinski definition) is 6. The lowest BCUT2D eigenvalue weighted by Gasteiger charge is -2.19. The van der Waals surface area contributed by atoms with Crippen molar-refractivity contribution in [3.63, 3.8) is 0 Å². The van der Waals surface area contributed by atoms with Crippen LogP contribution in [0.2, 0.25) is 0 Å². The number of ether oxygens (including phenoxy) is 3. The van der Waals surface area contributed by atoms with E-state index in [9.17, 15) is 9.90 Å². The van der Waals surface area contributed by atoms with E-state index in [4.69, 9.17) is 14.2 Å². The van der Waals surface area contributed by atoms with Crippen molar-refractivity contribution in [1.82, 2.24) is 9.97 Å². The average Bonchev–Trinajstić information content (AvgIpc) is 2.61. The van der Waals surface area contributed by atoms with Gasteiger partial charge < -0.3 is 19.3 Å². The second-order valence-corrected chi connectivity index (χ2v) is 5.42. The quantitative estimate of drug-likeness (QED) is 0.823. The molecule has 1 N–H and O–H groups in total. The first-order valence-electron chi connectivity index (χ1n) is 7.87. The van der Waals surface area contributed by atoms with Crippen LogP contribution in [-0.2, 0) is 6.42 Å². The fraction of sp³-hybridized carbons (Fsp3) is 0.389. The van der Waals surface area contributed by atoms with Gasteiger partial charge in [-0.3, -0.25) is 0 Å². The second kappa shape index (κ2) is 7.83. The van der Waals surface area contributed by atoms with E-state index in [1.165, 1.54) is 27.4 Å². The SMILES string of the molecule is CCCc1cnc(C)nc1-c1cc(C(=O)O)c(OC)c(OC)c1OC. The highest BCUT2D eigenvalue weighted by Crippen LogP contribution is 2.47. The van der Waals surface area contributed by atoms with Gasteiger partial charge >= 0.3 is 5.97 Å². The van der Waals surface area contributed by atoms with Crippen LogP contribution in [0.4, 0.5) is 0 Å². The molecule has 0 aliphatic rings. The fourth-order valence-corrected chi connectivity index (χ4v) is 2.73. The van der Waals surface area contributed by atoms with Gasteiger partial charge in [-0.05, 0) is 25.0 Å². The van der Waals surface area contributed by atoms with Crippen LogP contribution in [0.1, 0.15) is 35.1 Å². The fourth-order valence-electron chi connectivity index (χ4n) is 2.73. The zero-order valence-electron chi connectivity index (χ0n) is 15.0. The van der Waals surface area contributed by atoms with Crippen molar-refractivity contribution < 1.29 is 24.1 Å². The molecule has 0 unspecified atom stereocenters. The summed E-state index contributed by atoms with van der Waals surface area (Å²) >= 11 is 0. The summed E-state index contributed by atoms with van der Waals surface area (Å²) in [4.78, 5) is 20.5. The van der Waals surface area contributed by atoms with E-state index in [-0.39, 0.29) is 17.1 Å². The first-order chi connectivity index (χ1) is 12.0. The minimum atomic E-state index is -1.12. The third-order valence-corrected chi connectivity index (χ3v) is 3.79. The van der Waals surface area contributed by atoms with Gasteiger partial charge in [0.2, 0.25) is 5.75 Å². The first kappa shape index (κ1) is 18.5. The molecule has 1 heterocycles. The molecule has 25 heavy (non-hydrogen) atoms. The van der Waals surface area contributed by atoms with Gasteiger partial charge in [-0.1, -0.05) is 13.3 Å². The first-order valence-corrected chi connectivity index (χ1v) is 7.87. The number of rotatable bonds is 7. The Balaban J connectivity index is 2.88. The van der Waals surface area contributed by atoms with Gasteiger partial charge in [0.1, 0.15) is 11.4 Å². The van der Waals surface area contributed by atoms with Crippen molar-refractivity contribution in [1.29, 1.82) is 0 Å². The standard InChI is InChI=1S/C18H22N2O5/c1-6-7-11-9-19-10(2)20-14(11)12-8-13(18(21)22)16(24-4)17(25-5)15(12)23-3/h8-9H,6-7H2,1-5H3,(H,21,22). The molecule has 0 aliphatic heterocycles. The summed E-state index contributed by atoms with van der Waals surface area (Å²) in [6.07, 6.45) is 3.42. The molecule has 1 aromatic heterocycles. The van der Waals surface area contributed by atoms with Crippen molar-refractivity contribution in [3.8, 4) is 28.5 Å². The van der Waals surface area contributed by atoms with Crippen molar-refractivity contribution >= 4 is 5.97 Å². The molecule has 0 aliphatic carbocycles. The lowest BCUT2D eigenvalue weighted by molar-refractivity contribution is 0.0692. The Morgan fingerprint density at radius 2 is 1.76 bits per heavy atom. The summed E-state index contributed by atoms with van der Waals surface area (Å²) in [5.74, 6) is 0.169. The minimum Gasteiger partial charge on any atom is -0.492 e. The van der Waals surface area contributed by atoms with Crippen LogP contribution in [-0.4, -0.2) is 42.4 Å². The lowest BCUT2D eigenvalue weighted by Crippen LogP contribution is -2.07. The predicted molar refractivity (Wildman–Crippen MR) is 92.8 cm³/mol. The number of carboxylic acids is 1. The van der Waals surface area contributed by atoms with Crippen LogP contribution < -0.4 is 14.2 Å². The molecule has 2 aromatic rings. The number of nitrogens with zero attached hydrogens (tertiary/aromatic N) is 2. The van der Waals surface area contributed by atoms with E-state index in [2.05, 4.69) is 16.9 Å². The molecule has 2 rings (SSSR count). The van der Waals surface area contributed by atoms with E-state index in [0.717, 1.165) is 18.4 Å². The maximum Gasteiger partial charge on any atom is 0.339 e. The lowest BCUT2D eigenvalue weighted by atomic mass is 9.99. The van der Waals surface area contributed by atoms with Gasteiger partial charge in [0.15, 0.2) is 11.5 Å². The van der Waals surface area contributed by atoms with Crippen LogP contribution in [0.15, 0.2) is 12.3 Å². The Kier molecular flexibility index (Phi) is 5.80. The second-order valence-electron chi connectivity index (χ2n) is 5.42. The van der Waals surface area contributed by atoms with Crippen LogP contribution >= 0.6 is 0 Å². The number of aromatic nitrogens is 2. The summed E-state index contributed by atoms with van der Waals surface area (Å²) in [6, 6.07) is 1.50. The van der Waals surface area contributed by atoms with Gasteiger partial charge in [-0.15, -0.1) is 0 Å². The summed E-state index contributed by atoms with van der Waals surface area (Å²) < 4.78 is 16.1. The third kappa shape index (κ3) is 3.50. The Hall–Kier alpha value is -2.83. The third-order valence-electron chi connectivity index (χ3n) is 3.79. The molecule has 7 nitrogen and oxygen atoms in total. The minimum absolute atomic E-state index is 0.0196. The van der Waals surface area contributed by atoms with E-state index < -0.39 is 5.97 Å². The number of methoxy groups -OCH3 is 3. The molecule has 1 aromatic carbocycles. The monoisotopic (exact) mass is 346 g/mol. The molecule has 134 valence electrons. The van der Waals surface area contributed by atoms with E-state index in [1.807, 2.05) is 0 Å². The molecule has 0 radical (unpaired) electrons. The molecule has 0 spiro atoms. The zero-order valence-corrected chi connectivity index (χ0v) is 15.0. The van der Waals surface area contributed by atoms with Crippen LogP contribution in [0.3, 0.4) is 0 Å². The number of aromatic carboxylic acids is 1. The maximum absolute atomic E-state index is 11.7. The maximum atomic E-state index is 11.7. The summed E-state index contributed by atoms with van der Waals surface area (Å²) in [6.45, 7) is 3.84. The molecule has 0 bridgehead atoms. The highest BCUT2D eigenvalue weighted by molar-refractivity contribution is 5.96. The Labute approximate surface area is 146 Å². The van der Waals surface area contributed by atoms with Gasteiger partial charge in [0.05, 0.1) is 27.0 Å². The molecule has 0 amide bonds. The van der Waals surface area contributed by atoms with Gasteiger partial charge in [0.25, 0.3) is 0 Å². The van der Waals surface area contributed by atoms with Crippen LogP contribution in [0.5, 0.6) is 17.2 Å². The number of carbonyl (C=O) groups is 1. The van der Waals surface area contributed by atoms with Gasteiger partial charge in [-0.25, -0.2) is 14.8 Å². The number of aryl methyl sites for hydroxylation is 2. The molecule has 0 saturated heterocycles. The summed E-state index contributed by atoms with van der Waals surface area (Å²) in [5.41, 5.74) is 2.06. The largest absolute Gasteiger partial charge is 0.492 e. The van der Waals surface area contributed by atoms with Crippen molar-refractivity contribution in [2.24, 2.45) is 0 Å². The summed E-state index contributed by atoms with van der Waals surface area (Å²) in [7, 11) is 4.32. The van der Waals surface area contributed by atoms with Gasteiger partial charge in [-0.2, -0.15) is 0 Å². The number of carboxylic acid groups (broad SMARTS) is 1. The normalized spacial score (nSPS) is 10.4. The van der Waals surface area contributed by atoms with Crippen molar-refractivity contribution in [2.75, 3.05) is 21.3 Å². The Morgan fingerprint density at radius 1 is 1.12 bits per heavy atom. The Bertz CT molecular complexity index is 790. The smallest absolute Gasteiger partial charge is 0.339 e. The molecule has 0 atom stereocenters. The molecule has 0 saturated carbocycles. The molecule has 0 fully saturated rings. The highest BCUT2D eigenvalue weighted by atomic mass is 16.5.